The van der Waals surface area contributed by atoms with Crippen molar-refractivity contribution in [2.24, 2.45) is 0 Å². The number of hydrogen-bond donors (Lipinski definition) is 1. The molecule has 1 amide bonds. The van der Waals surface area contributed by atoms with Crippen LogP contribution in [0.15, 0.2) is 29.6 Å². The van der Waals surface area contributed by atoms with Gasteiger partial charge in [0.25, 0.3) is 5.91 Å². The number of carbonyl (C=O) groups excluding carboxylic acids is 1. The Morgan fingerprint density at radius 3 is 3.00 bits per heavy atom. The van der Waals surface area contributed by atoms with Crippen molar-refractivity contribution in [3.05, 3.63) is 50.9 Å². The molecule has 0 aliphatic heterocycles. The highest BCUT2D eigenvalue weighted by atomic mass is 35.5. The number of rotatable bonds is 3. The molecule has 6 heteroatoms. The van der Waals surface area contributed by atoms with Crippen LogP contribution >= 0.6 is 22.9 Å². The maximum atomic E-state index is 11.9. The number of amides is 1. The van der Waals surface area contributed by atoms with Gasteiger partial charge < -0.3 is 5.32 Å². The average Bonchev–Trinajstić information content (AvgIpc) is 2.85. The third-order valence-electron chi connectivity index (χ3n) is 2.53. The predicted octanol–water partition coefficient (Wildman–Crippen LogP) is 3.16. The number of carbonyl (C=O) groups is 1. The van der Waals surface area contributed by atoms with Crippen LogP contribution in [0.5, 0.6) is 0 Å². The largest absolute Gasteiger partial charge is 0.343 e. The van der Waals surface area contributed by atoms with E-state index < -0.39 is 0 Å². The fourth-order valence-corrected chi connectivity index (χ4v) is 2.42. The Kier molecular flexibility index (Phi) is 4.15. The number of nitrogens with one attached hydrogen (secondary N) is 1. The normalized spacial score (nSPS) is 11.6. The van der Waals surface area contributed by atoms with Crippen LogP contribution in [0.1, 0.15) is 33.9 Å². The smallest absolute Gasteiger partial charge is 0.280 e. The molecule has 19 heavy (non-hydrogen) atoms. The zero-order chi connectivity index (χ0) is 13.8. The van der Waals surface area contributed by atoms with Gasteiger partial charge in [0.1, 0.15) is 5.15 Å². The second-order valence-electron chi connectivity index (χ2n) is 3.91. The molecular weight excluding hydrogens is 282 g/mol. The molecule has 0 saturated carbocycles. The lowest BCUT2D eigenvalue weighted by Gasteiger charge is -2.13. The summed E-state index contributed by atoms with van der Waals surface area (Å²) in [6.45, 7) is 1.85. The zero-order valence-electron chi connectivity index (χ0n) is 10.1. The van der Waals surface area contributed by atoms with Crippen LogP contribution in [0, 0.1) is 11.3 Å². The number of hydrogen-bond acceptors (Lipinski definition) is 4. The molecule has 96 valence electrons. The Hall–Kier alpha value is -1.90. The summed E-state index contributed by atoms with van der Waals surface area (Å²) in [5.74, 6) is -0.272. The van der Waals surface area contributed by atoms with Gasteiger partial charge in [0.05, 0.1) is 17.7 Å². The SMILES string of the molecule is C[C@@H](NC(=O)c1nc(Cl)cs1)c1cccc(C#N)c1. The van der Waals surface area contributed by atoms with E-state index in [4.69, 9.17) is 16.9 Å². The van der Waals surface area contributed by atoms with Crippen molar-refractivity contribution in [3.63, 3.8) is 0 Å². The number of thiazole rings is 1. The highest BCUT2D eigenvalue weighted by molar-refractivity contribution is 7.12. The molecule has 1 heterocycles. The quantitative estimate of drug-likeness (QED) is 0.944. The van der Waals surface area contributed by atoms with Gasteiger partial charge >= 0.3 is 0 Å². The van der Waals surface area contributed by atoms with Gasteiger partial charge in [0, 0.05) is 5.38 Å². The van der Waals surface area contributed by atoms with Gasteiger partial charge in [0.2, 0.25) is 0 Å². The summed E-state index contributed by atoms with van der Waals surface area (Å²) in [5, 5.41) is 13.9. The minimum atomic E-state index is -0.272. The highest BCUT2D eigenvalue weighted by Crippen LogP contribution is 2.17. The van der Waals surface area contributed by atoms with Gasteiger partial charge in [-0.2, -0.15) is 5.26 Å². The van der Waals surface area contributed by atoms with Crippen molar-refractivity contribution in [2.75, 3.05) is 0 Å². The van der Waals surface area contributed by atoms with Crippen molar-refractivity contribution >= 4 is 28.8 Å². The van der Waals surface area contributed by atoms with Crippen LogP contribution in [0.3, 0.4) is 0 Å². The molecule has 1 aromatic heterocycles. The van der Waals surface area contributed by atoms with Crippen molar-refractivity contribution in [3.8, 4) is 6.07 Å². The molecule has 0 saturated heterocycles. The minimum absolute atomic E-state index is 0.205. The maximum Gasteiger partial charge on any atom is 0.280 e. The topological polar surface area (TPSA) is 65.8 Å². The summed E-state index contributed by atoms with van der Waals surface area (Å²) in [4.78, 5) is 15.8. The highest BCUT2D eigenvalue weighted by Gasteiger charge is 2.14. The molecule has 0 unspecified atom stereocenters. The molecule has 1 N–H and O–H groups in total. The van der Waals surface area contributed by atoms with E-state index in [1.165, 1.54) is 11.3 Å². The first kappa shape index (κ1) is 13.5. The van der Waals surface area contributed by atoms with E-state index in [0.29, 0.717) is 15.7 Å². The molecule has 0 aliphatic carbocycles. The summed E-state index contributed by atoms with van der Waals surface area (Å²) in [7, 11) is 0. The van der Waals surface area contributed by atoms with Crippen LogP contribution in [0.25, 0.3) is 0 Å². The number of aromatic nitrogens is 1. The molecule has 0 spiro atoms. The molecule has 0 fully saturated rings. The van der Waals surface area contributed by atoms with Gasteiger partial charge in [-0.3, -0.25) is 4.79 Å². The maximum absolute atomic E-state index is 11.9. The van der Waals surface area contributed by atoms with Crippen LogP contribution in [0.4, 0.5) is 0 Å². The molecule has 4 nitrogen and oxygen atoms in total. The van der Waals surface area contributed by atoms with Crippen molar-refractivity contribution < 1.29 is 4.79 Å². The Labute approximate surface area is 119 Å². The predicted molar refractivity (Wildman–Crippen MR) is 74.2 cm³/mol. The van der Waals surface area contributed by atoms with Crippen molar-refractivity contribution in [1.29, 1.82) is 5.26 Å². The van der Waals surface area contributed by atoms with E-state index in [1.54, 1.807) is 23.6 Å². The molecule has 2 rings (SSSR count). The van der Waals surface area contributed by atoms with E-state index in [-0.39, 0.29) is 11.9 Å². The molecule has 0 bridgehead atoms. The first-order valence-corrected chi connectivity index (χ1v) is 6.78. The van der Waals surface area contributed by atoms with Gasteiger partial charge in [-0.25, -0.2) is 4.98 Å². The Balaban J connectivity index is 2.10. The summed E-state index contributed by atoms with van der Waals surface area (Å²) in [6, 6.07) is 8.99. The molecule has 1 aromatic carbocycles. The van der Waals surface area contributed by atoms with Crippen molar-refractivity contribution in [1.82, 2.24) is 10.3 Å². The van der Waals surface area contributed by atoms with Crippen LogP contribution < -0.4 is 5.32 Å². The van der Waals surface area contributed by atoms with Crippen LogP contribution in [0.2, 0.25) is 5.15 Å². The average molecular weight is 292 g/mol. The lowest BCUT2D eigenvalue weighted by atomic mass is 10.1. The number of nitriles is 1. The van der Waals surface area contributed by atoms with E-state index in [1.807, 2.05) is 13.0 Å². The van der Waals surface area contributed by atoms with E-state index >= 15 is 0 Å². The minimum Gasteiger partial charge on any atom is -0.343 e. The zero-order valence-corrected chi connectivity index (χ0v) is 11.6. The lowest BCUT2D eigenvalue weighted by Crippen LogP contribution is -2.26. The molecule has 2 aromatic rings. The fourth-order valence-electron chi connectivity index (χ4n) is 1.58. The number of nitrogens with zero attached hydrogens (tertiary/aromatic N) is 2. The first-order valence-electron chi connectivity index (χ1n) is 5.52. The van der Waals surface area contributed by atoms with E-state index in [0.717, 1.165) is 5.56 Å². The second kappa shape index (κ2) is 5.83. The lowest BCUT2D eigenvalue weighted by molar-refractivity contribution is 0.0939. The standard InChI is InChI=1S/C13H10ClN3OS/c1-8(10-4-2-3-9(5-10)6-15)16-12(18)13-17-11(14)7-19-13/h2-5,7-8H,1H3,(H,16,18)/t8-/m1/s1. The number of halogens is 1. The summed E-state index contributed by atoms with van der Waals surface area (Å²) < 4.78 is 0. The molecule has 0 aliphatic rings. The third kappa shape index (κ3) is 3.31. The van der Waals surface area contributed by atoms with Gasteiger partial charge in [-0.15, -0.1) is 11.3 Å². The Morgan fingerprint density at radius 1 is 1.58 bits per heavy atom. The second-order valence-corrected chi connectivity index (χ2v) is 5.15. The van der Waals surface area contributed by atoms with Gasteiger partial charge in [0.15, 0.2) is 5.01 Å². The molecular formula is C13H10ClN3OS. The third-order valence-corrected chi connectivity index (χ3v) is 3.70. The van der Waals surface area contributed by atoms with Crippen molar-refractivity contribution in [2.45, 2.75) is 13.0 Å². The van der Waals surface area contributed by atoms with Gasteiger partial charge in [-0.05, 0) is 24.6 Å². The van der Waals surface area contributed by atoms with E-state index in [2.05, 4.69) is 16.4 Å². The summed E-state index contributed by atoms with van der Waals surface area (Å²) in [5.41, 5.74) is 1.44. The Morgan fingerprint density at radius 2 is 2.37 bits per heavy atom. The summed E-state index contributed by atoms with van der Waals surface area (Å²) >= 11 is 6.88. The van der Waals surface area contributed by atoms with E-state index in [9.17, 15) is 4.79 Å². The summed E-state index contributed by atoms with van der Waals surface area (Å²) in [6.07, 6.45) is 0. The number of benzene rings is 1. The Bertz CT molecular complexity index is 647. The van der Waals surface area contributed by atoms with Gasteiger partial charge in [-0.1, -0.05) is 23.7 Å². The monoisotopic (exact) mass is 291 g/mol. The van der Waals surface area contributed by atoms with Crippen LogP contribution in [-0.2, 0) is 0 Å². The molecule has 1 atom stereocenters. The fraction of sp³-hybridized carbons (Fsp3) is 0.154. The molecule has 0 radical (unpaired) electrons. The van der Waals surface area contributed by atoms with Crippen LogP contribution in [-0.4, -0.2) is 10.9 Å². The first-order chi connectivity index (χ1) is 9.10.